The molecule has 8 heteroatoms. The number of piperidine rings is 1. The number of aromatic nitrogens is 2. The lowest BCUT2D eigenvalue weighted by atomic mass is 9.96. The van der Waals surface area contributed by atoms with Gasteiger partial charge < -0.3 is 15.6 Å². The molecule has 1 aromatic heterocycles. The summed E-state index contributed by atoms with van der Waals surface area (Å²) in [6.45, 7) is 1.62. The molecule has 0 aliphatic carbocycles. The van der Waals surface area contributed by atoms with Crippen LogP contribution in [-0.4, -0.2) is 42.3 Å². The van der Waals surface area contributed by atoms with Crippen molar-refractivity contribution < 1.29 is 4.79 Å². The Morgan fingerprint density at radius 1 is 1.45 bits per heavy atom. The van der Waals surface area contributed by atoms with E-state index >= 15 is 0 Å². The number of nitrogens with zero attached hydrogens (tertiary/aromatic N) is 3. The molecule has 2 rings (SSSR count). The molecule has 4 N–H and O–H groups in total. The lowest BCUT2D eigenvalue weighted by molar-refractivity contribution is -0.125. The van der Waals surface area contributed by atoms with E-state index in [1.54, 1.807) is 7.05 Å². The minimum Gasteiger partial charge on any atom is -0.359 e. The van der Waals surface area contributed by atoms with Crippen molar-refractivity contribution >= 4 is 29.3 Å². The van der Waals surface area contributed by atoms with Crippen LogP contribution in [0.3, 0.4) is 0 Å². The van der Waals surface area contributed by atoms with Crippen LogP contribution >= 0.6 is 11.8 Å². The average molecular weight is 296 g/mol. The van der Waals surface area contributed by atoms with Gasteiger partial charge in [0, 0.05) is 32.1 Å². The zero-order valence-corrected chi connectivity index (χ0v) is 12.5. The Bertz CT molecular complexity index is 453. The normalized spacial score (nSPS) is 16.1. The molecule has 20 heavy (non-hydrogen) atoms. The van der Waals surface area contributed by atoms with Crippen LogP contribution in [0.2, 0.25) is 0 Å². The van der Waals surface area contributed by atoms with E-state index in [0.29, 0.717) is 11.0 Å². The smallest absolute Gasteiger partial charge is 0.222 e. The number of anilines is 2. The third-order valence-electron chi connectivity index (χ3n) is 3.46. The predicted octanol–water partition coefficient (Wildman–Crippen LogP) is 0.446. The standard InChI is InChI=1S/C12H20N6OS/c1-14-11(19)8-3-5-18(6-4-8)10-7-9(17-13)15-12(16-10)20-2/h7-8H,3-6,13H2,1-2H3,(H,14,19)(H,15,16,17). The molecule has 1 aromatic rings. The van der Waals surface area contributed by atoms with E-state index in [1.165, 1.54) is 11.8 Å². The van der Waals surface area contributed by atoms with Gasteiger partial charge in [-0.25, -0.2) is 15.8 Å². The van der Waals surface area contributed by atoms with Gasteiger partial charge in [-0.15, -0.1) is 0 Å². The summed E-state index contributed by atoms with van der Waals surface area (Å²) in [5.74, 6) is 7.12. The van der Waals surface area contributed by atoms with Gasteiger partial charge in [0.05, 0.1) is 0 Å². The molecule has 7 nitrogen and oxygen atoms in total. The van der Waals surface area contributed by atoms with Gasteiger partial charge >= 0.3 is 0 Å². The van der Waals surface area contributed by atoms with Gasteiger partial charge in [-0.3, -0.25) is 4.79 Å². The highest BCUT2D eigenvalue weighted by atomic mass is 32.2. The van der Waals surface area contributed by atoms with Crippen LogP contribution in [0, 0.1) is 5.92 Å². The molecule has 1 fully saturated rings. The van der Waals surface area contributed by atoms with Crippen molar-refractivity contribution in [3.05, 3.63) is 6.07 Å². The van der Waals surface area contributed by atoms with Crippen LogP contribution < -0.4 is 21.5 Å². The summed E-state index contributed by atoms with van der Waals surface area (Å²) in [6.07, 6.45) is 3.60. The topological polar surface area (TPSA) is 96.2 Å². The molecule has 1 aliphatic rings. The number of nitrogens with two attached hydrogens (primary N) is 1. The van der Waals surface area contributed by atoms with Crippen molar-refractivity contribution in [3.63, 3.8) is 0 Å². The van der Waals surface area contributed by atoms with Crippen molar-refractivity contribution in [3.8, 4) is 0 Å². The van der Waals surface area contributed by atoms with E-state index in [9.17, 15) is 4.79 Å². The Kier molecular flexibility index (Phi) is 5.02. The van der Waals surface area contributed by atoms with Crippen LogP contribution in [0.25, 0.3) is 0 Å². The van der Waals surface area contributed by atoms with E-state index in [4.69, 9.17) is 5.84 Å². The van der Waals surface area contributed by atoms with E-state index in [2.05, 4.69) is 25.6 Å². The number of hydrogen-bond donors (Lipinski definition) is 3. The molecule has 2 heterocycles. The highest BCUT2D eigenvalue weighted by Crippen LogP contribution is 2.25. The number of rotatable bonds is 4. The predicted molar refractivity (Wildman–Crippen MR) is 80.6 cm³/mol. The first-order chi connectivity index (χ1) is 9.67. The van der Waals surface area contributed by atoms with Crippen molar-refractivity contribution in [2.45, 2.75) is 18.0 Å². The zero-order chi connectivity index (χ0) is 14.5. The fourth-order valence-corrected chi connectivity index (χ4v) is 2.69. The van der Waals surface area contributed by atoms with Gasteiger partial charge in [0.15, 0.2) is 5.16 Å². The second-order valence-electron chi connectivity index (χ2n) is 4.62. The Morgan fingerprint density at radius 2 is 2.15 bits per heavy atom. The maximum Gasteiger partial charge on any atom is 0.222 e. The fourth-order valence-electron chi connectivity index (χ4n) is 2.31. The lowest BCUT2D eigenvalue weighted by Crippen LogP contribution is -2.40. The van der Waals surface area contributed by atoms with Crippen LogP contribution in [0.15, 0.2) is 11.2 Å². The monoisotopic (exact) mass is 296 g/mol. The SMILES string of the molecule is CNC(=O)C1CCN(c2cc(NN)nc(SC)n2)CC1. The second-order valence-corrected chi connectivity index (χ2v) is 5.39. The minimum absolute atomic E-state index is 0.102. The molecule has 0 spiro atoms. The first kappa shape index (κ1) is 14.9. The first-order valence-electron chi connectivity index (χ1n) is 6.54. The van der Waals surface area contributed by atoms with Crippen molar-refractivity contribution in [2.24, 2.45) is 11.8 Å². The first-order valence-corrected chi connectivity index (χ1v) is 7.76. The number of thioether (sulfide) groups is 1. The van der Waals surface area contributed by atoms with Crippen LogP contribution in [0.5, 0.6) is 0 Å². The lowest BCUT2D eigenvalue weighted by Gasteiger charge is -2.32. The van der Waals surface area contributed by atoms with E-state index in [1.807, 2.05) is 12.3 Å². The summed E-state index contributed by atoms with van der Waals surface area (Å²) in [5.41, 5.74) is 2.56. The minimum atomic E-state index is 0.102. The van der Waals surface area contributed by atoms with Crippen molar-refractivity contribution in [2.75, 3.05) is 36.7 Å². The van der Waals surface area contributed by atoms with Crippen molar-refractivity contribution in [1.29, 1.82) is 0 Å². The molecule has 0 aromatic carbocycles. The van der Waals surface area contributed by atoms with Gasteiger partial charge in [0.2, 0.25) is 5.91 Å². The number of nitrogen functional groups attached to an aromatic ring is 1. The molecule has 0 unspecified atom stereocenters. The summed E-state index contributed by atoms with van der Waals surface area (Å²) in [5, 5.41) is 3.40. The maximum atomic E-state index is 11.6. The van der Waals surface area contributed by atoms with Crippen LogP contribution in [0.1, 0.15) is 12.8 Å². The summed E-state index contributed by atoms with van der Waals surface area (Å²) in [4.78, 5) is 22.5. The Hall–Kier alpha value is -1.54. The molecule has 0 atom stereocenters. The summed E-state index contributed by atoms with van der Waals surface area (Å²) >= 11 is 1.48. The number of nitrogens with one attached hydrogen (secondary N) is 2. The Balaban J connectivity index is 2.08. The highest BCUT2D eigenvalue weighted by Gasteiger charge is 2.25. The van der Waals surface area contributed by atoms with Crippen molar-refractivity contribution in [1.82, 2.24) is 15.3 Å². The Labute approximate surface area is 122 Å². The zero-order valence-electron chi connectivity index (χ0n) is 11.7. The number of hydrazine groups is 1. The molecule has 110 valence electrons. The maximum absolute atomic E-state index is 11.6. The summed E-state index contributed by atoms with van der Waals surface area (Å²) < 4.78 is 0. The van der Waals surface area contributed by atoms with E-state index < -0.39 is 0 Å². The van der Waals surface area contributed by atoms with Gasteiger partial charge in [-0.1, -0.05) is 11.8 Å². The summed E-state index contributed by atoms with van der Waals surface area (Å²) in [7, 11) is 1.68. The van der Waals surface area contributed by atoms with E-state index in [0.717, 1.165) is 31.7 Å². The molecule has 1 saturated heterocycles. The number of amides is 1. The van der Waals surface area contributed by atoms with Gasteiger partial charge in [-0.2, -0.15) is 0 Å². The van der Waals surface area contributed by atoms with Gasteiger partial charge in [0.25, 0.3) is 0 Å². The molecule has 1 aliphatic heterocycles. The molecule has 0 bridgehead atoms. The van der Waals surface area contributed by atoms with Gasteiger partial charge in [-0.05, 0) is 19.1 Å². The van der Waals surface area contributed by atoms with Gasteiger partial charge in [0.1, 0.15) is 11.6 Å². The highest BCUT2D eigenvalue weighted by molar-refractivity contribution is 7.98. The van der Waals surface area contributed by atoms with Crippen LogP contribution in [0.4, 0.5) is 11.6 Å². The van der Waals surface area contributed by atoms with Crippen LogP contribution in [-0.2, 0) is 4.79 Å². The van der Waals surface area contributed by atoms with E-state index in [-0.39, 0.29) is 11.8 Å². The second kappa shape index (κ2) is 6.76. The fraction of sp³-hybridized carbons (Fsp3) is 0.583. The molecule has 0 saturated carbocycles. The number of hydrogen-bond acceptors (Lipinski definition) is 7. The summed E-state index contributed by atoms with van der Waals surface area (Å²) in [6, 6.07) is 1.83. The largest absolute Gasteiger partial charge is 0.359 e. The third kappa shape index (κ3) is 3.31. The average Bonchev–Trinajstić information content (AvgIpc) is 2.53. The quantitative estimate of drug-likeness (QED) is 0.321. The third-order valence-corrected chi connectivity index (χ3v) is 4.01. The number of carbonyl (C=O) groups excluding carboxylic acids is 1. The molecular formula is C12H20N6OS. The molecular weight excluding hydrogens is 276 g/mol. The Morgan fingerprint density at radius 3 is 2.70 bits per heavy atom. The molecule has 0 radical (unpaired) electrons. The number of carbonyl (C=O) groups is 1. The molecule has 1 amide bonds.